The van der Waals surface area contributed by atoms with Crippen molar-refractivity contribution in [1.82, 2.24) is 20.2 Å². The molecule has 448 valence electrons. The number of nitrogens with one attached hydrogen (secondary N) is 3. The van der Waals surface area contributed by atoms with Gasteiger partial charge in [0.05, 0.1) is 130 Å². The van der Waals surface area contributed by atoms with E-state index in [1.54, 1.807) is 47.3 Å². The molecule has 0 radical (unpaired) electrons. The molecule has 7 atom stereocenters. The lowest BCUT2D eigenvalue weighted by molar-refractivity contribution is -0.145. The highest BCUT2D eigenvalue weighted by atomic mass is 32.1. The lowest BCUT2D eigenvalue weighted by atomic mass is 9.76. The van der Waals surface area contributed by atoms with Gasteiger partial charge in [0.1, 0.15) is 11.8 Å². The number of carbonyl (C=O) groups is 6. The lowest BCUT2D eigenvalue weighted by Gasteiger charge is -2.34. The molecule has 4 aliphatic rings. The zero-order chi connectivity index (χ0) is 59.2. The third-order valence-electron chi connectivity index (χ3n) is 15.9. The molecule has 5 amide bonds. The van der Waals surface area contributed by atoms with Gasteiger partial charge in [0.15, 0.2) is 0 Å². The van der Waals surface area contributed by atoms with Gasteiger partial charge in [0, 0.05) is 67.6 Å². The average molecular weight is 1170 g/mol. The van der Waals surface area contributed by atoms with Crippen LogP contribution in [-0.4, -0.2) is 160 Å². The van der Waals surface area contributed by atoms with E-state index in [0.717, 1.165) is 33.5 Å². The molecule has 4 N–H and O–H groups in total. The molecule has 84 heavy (non-hydrogen) atoms. The number of carbonyl (C=O) groups excluding carboxylic acids is 6. The summed E-state index contributed by atoms with van der Waals surface area (Å²) >= 11 is 1.54. The summed E-state index contributed by atoms with van der Waals surface area (Å²) in [5, 5.41) is 20.8. The number of allylic oxidation sites excluding steroid dienone is 2. The first-order valence-electron chi connectivity index (χ1n) is 29.0. The number of ketones is 1. The smallest absolute Gasteiger partial charge is 0.255 e. The maximum Gasteiger partial charge on any atom is 0.255 e. The van der Waals surface area contributed by atoms with E-state index in [4.69, 9.17) is 28.4 Å². The number of β-amino-alcohol motifs (C(OH)–C–C–N with tert-alkyl or cyclic N) is 1. The lowest BCUT2D eigenvalue weighted by Crippen LogP contribution is -2.48. The summed E-state index contributed by atoms with van der Waals surface area (Å²) in [6.07, 6.45) is 6.11. The zero-order valence-electron chi connectivity index (χ0n) is 48.3. The Morgan fingerprint density at radius 3 is 1.93 bits per heavy atom. The minimum atomic E-state index is -0.872. The SMILES string of the molecule is Cc1ncsc1-c1ccc(NC(=O)[C@@H]2C[C@@H](O)CN2C(=O)[C@@H](CC(=O)CCOCCOCCOCCOCCOCCOCCNCc2ccnc3c(NC(=O)c4ccc(N5C(=O)[C@@H]6[C@@H]7C=CC(C7)[C@@H]6C5=O)cc4)cccc23)C(C)(C)C)cc1. The number of aliphatic hydroxyl groups excluding tert-OH is 1. The van der Waals surface area contributed by atoms with Crippen molar-refractivity contribution in [3.63, 3.8) is 0 Å². The standard InChI is InChI=1S/C63H77N7O13S/c1-40-57(84-39-66-40)41-10-14-46(15-11-41)67-59(74)53-36-49(72)38-69(53)60(75)51(63(2,3)4)35-48(71)19-22-78-24-26-80-28-30-82-32-33-83-31-29-81-27-25-79-23-21-64-37-45-18-20-65-56-50(45)6-5-7-52(56)68-58(73)42-12-16-47(17-13-42)70-61(76)54-43-8-9-44(34-43)55(54)62(70)77/h5-18,20,39,43-44,49,51,53-55,64,72H,19,21-38H2,1-4H3,(H,67,74)(H,68,73)/t43-,44?,49-,51-,53+,54-,55+/m1/s1. The Hall–Kier alpha value is -6.66. The minimum Gasteiger partial charge on any atom is -0.391 e. The molecular weight excluding hydrogens is 1090 g/mol. The van der Waals surface area contributed by atoms with Crippen molar-refractivity contribution in [2.24, 2.45) is 35.0 Å². The highest BCUT2D eigenvalue weighted by Crippen LogP contribution is 2.53. The highest BCUT2D eigenvalue weighted by molar-refractivity contribution is 7.13. The molecule has 1 saturated carbocycles. The molecule has 1 unspecified atom stereocenters. The number of fused-ring (bicyclic) bond motifs is 6. The number of thiazole rings is 1. The van der Waals surface area contributed by atoms with Gasteiger partial charge in [-0.2, -0.15) is 0 Å². The van der Waals surface area contributed by atoms with Gasteiger partial charge in [0.2, 0.25) is 23.6 Å². The third-order valence-corrected chi connectivity index (χ3v) is 16.9. The largest absolute Gasteiger partial charge is 0.391 e. The van der Waals surface area contributed by atoms with E-state index in [1.165, 1.54) is 9.80 Å². The summed E-state index contributed by atoms with van der Waals surface area (Å²) in [5.41, 5.74) is 6.84. The molecule has 2 aromatic heterocycles. The van der Waals surface area contributed by atoms with Gasteiger partial charge in [-0.1, -0.05) is 57.2 Å². The number of rotatable bonds is 32. The Labute approximate surface area is 493 Å². The number of anilines is 3. The summed E-state index contributed by atoms with van der Waals surface area (Å²) in [6, 6.07) is 20.8. The maximum absolute atomic E-state index is 14.0. The van der Waals surface area contributed by atoms with E-state index >= 15 is 0 Å². The molecule has 2 aliphatic heterocycles. The number of aliphatic hydroxyl groups is 1. The van der Waals surface area contributed by atoms with Gasteiger partial charge in [-0.3, -0.25) is 38.7 Å². The van der Waals surface area contributed by atoms with Crippen molar-refractivity contribution < 1.29 is 62.3 Å². The van der Waals surface area contributed by atoms with Crippen molar-refractivity contribution in [2.45, 2.75) is 72.1 Å². The van der Waals surface area contributed by atoms with Crippen molar-refractivity contribution in [3.05, 3.63) is 113 Å². The van der Waals surface area contributed by atoms with Gasteiger partial charge in [0.25, 0.3) is 5.91 Å². The van der Waals surface area contributed by atoms with Crippen LogP contribution >= 0.6 is 11.3 Å². The van der Waals surface area contributed by atoms with Crippen LogP contribution in [0.3, 0.4) is 0 Å². The van der Waals surface area contributed by atoms with E-state index in [1.807, 2.05) is 76.2 Å². The van der Waals surface area contributed by atoms with E-state index in [2.05, 4.69) is 38.1 Å². The number of hydrogen-bond acceptors (Lipinski definition) is 17. The van der Waals surface area contributed by atoms with Crippen LogP contribution in [-0.2, 0) is 58.9 Å². The molecule has 20 nitrogen and oxygen atoms in total. The molecule has 2 bridgehead atoms. The van der Waals surface area contributed by atoms with E-state index < -0.39 is 23.5 Å². The minimum absolute atomic E-state index is 0.00782. The van der Waals surface area contributed by atoms with Crippen molar-refractivity contribution in [1.29, 1.82) is 0 Å². The number of aromatic nitrogens is 2. The van der Waals surface area contributed by atoms with Crippen LogP contribution in [0, 0.1) is 41.9 Å². The van der Waals surface area contributed by atoms with Crippen LogP contribution < -0.4 is 20.9 Å². The monoisotopic (exact) mass is 1170 g/mol. The molecule has 5 aromatic rings. The van der Waals surface area contributed by atoms with Crippen LogP contribution in [0.4, 0.5) is 17.1 Å². The van der Waals surface area contributed by atoms with E-state index in [0.29, 0.717) is 114 Å². The van der Waals surface area contributed by atoms with Crippen LogP contribution in [0.5, 0.6) is 0 Å². The second-order valence-corrected chi connectivity index (χ2v) is 23.5. The van der Waals surface area contributed by atoms with Crippen molar-refractivity contribution in [3.8, 4) is 10.4 Å². The molecule has 0 spiro atoms. The Balaban J connectivity index is 0.557. The van der Waals surface area contributed by atoms with E-state index in [9.17, 15) is 33.9 Å². The Kier molecular flexibility index (Phi) is 21.7. The fourth-order valence-corrected chi connectivity index (χ4v) is 12.3. The number of para-hydroxylation sites is 1. The number of Topliss-reactive ketones (excluding diaryl/α,β-unsaturated/α-hetero) is 1. The summed E-state index contributed by atoms with van der Waals surface area (Å²) < 4.78 is 33.8. The normalized spacial score (nSPS) is 20.3. The van der Waals surface area contributed by atoms with E-state index in [-0.39, 0.29) is 91.4 Å². The average Bonchev–Trinajstić information content (AvgIpc) is 1.69. The Morgan fingerprint density at radius 1 is 0.726 bits per heavy atom. The van der Waals surface area contributed by atoms with Gasteiger partial charge in [-0.15, -0.1) is 11.3 Å². The number of ether oxygens (including phenoxy) is 6. The van der Waals surface area contributed by atoms with Crippen LogP contribution in [0.15, 0.2) is 96.7 Å². The number of likely N-dealkylation sites (tertiary alicyclic amines) is 1. The van der Waals surface area contributed by atoms with Crippen LogP contribution in [0.2, 0.25) is 0 Å². The molecule has 4 heterocycles. The molecule has 2 aliphatic carbocycles. The number of amides is 5. The quantitative estimate of drug-likeness (QED) is 0.0192. The first-order valence-corrected chi connectivity index (χ1v) is 29.9. The summed E-state index contributed by atoms with van der Waals surface area (Å²) in [5.74, 6) is -2.47. The number of nitrogens with zero attached hydrogens (tertiary/aromatic N) is 4. The summed E-state index contributed by atoms with van der Waals surface area (Å²) in [6.45, 7) is 13.4. The molecule has 3 aromatic carbocycles. The van der Waals surface area contributed by atoms with Crippen LogP contribution in [0.25, 0.3) is 21.3 Å². The van der Waals surface area contributed by atoms with Crippen LogP contribution in [0.1, 0.15) is 68.1 Å². The number of pyridine rings is 1. The first-order chi connectivity index (χ1) is 40.7. The second-order valence-electron chi connectivity index (χ2n) is 22.7. The summed E-state index contributed by atoms with van der Waals surface area (Å²) in [7, 11) is 0. The predicted molar refractivity (Wildman–Crippen MR) is 317 cm³/mol. The summed E-state index contributed by atoms with van der Waals surface area (Å²) in [4.78, 5) is 93.3. The van der Waals surface area contributed by atoms with Crippen molar-refractivity contribution in [2.75, 3.05) is 108 Å². The van der Waals surface area contributed by atoms with Crippen molar-refractivity contribution >= 4 is 74.6 Å². The molecule has 3 fully saturated rings. The molecule has 9 rings (SSSR count). The van der Waals surface area contributed by atoms with Gasteiger partial charge >= 0.3 is 0 Å². The number of hydrogen-bond donors (Lipinski definition) is 4. The van der Waals surface area contributed by atoms with Gasteiger partial charge in [-0.25, -0.2) is 4.98 Å². The Bertz CT molecular complexity index is 3080. The molecular formula is C63H77N7O13S. The van der Waals surface area contributed by atoms with Gasteiger partial charge < -0.3 is 54.4 Å². The topological polar surface area (TPSA) is 246 Å². The fraction of sp³-hybridized carbons (Fsp3) is 0.492. The number of benzene rings is 3. The molecule has 2 saturated heterocycles. The second kappa shape index (κ2) is 29.4. The zero-order valence-corrected chi connectivity index (χ0v) is 49.1. The number of imide groups is 1. The fourth-order valence-electron chi connectivity index (χ4n) is 11.5. The maximum atomic E-state index is 14.0. The highest BCUT2D eigenvalue weighted by Gasteiger charge is 2.59. The predicted octanol–water partition coefficient (Wildman–Crippen LogP) is 7.03. The number of aryl methyl sites for hydroxylation is 1. The van der Waals surface area contributed by atoms with Gasteiger partial charge in [-0.05, 0) is 90.3 Å². The Morgan fingerprint density at radius 2 is 1.33 bits per heavy atom. The first kappa shape index (κ1) is 61.9. The molecule has 21 heteroatoms. The third kappa shape index (κ3) is 15.6.